The Labute approximate surface area is 207 Å². The summed E-state index contributed by atoms with van der Waals surface area (Å²) < 4.78 is 5.22. The number of hydrogen-bond acceptors (Lipinski definition) is 6. The van der Waals surface area contributed by atoms with Crippen molar-refractivity contribution in [1.82, 2.24) is 15.5 Å². The molecule has 0 bridgehead atoms. The lowest BCUT2D eigenvalue weighted by atomic mass is 10.0. The van der Waals surface area contributed by atoms with Crippen LogP contribution in [0.5, 0.6) is 0 Å². The van der Waals surface area contributed by atoms with Crippen molar-refractivity contribution < 1.29 is 29.0 Å². The number of nitrogens with one attached hydrogen (secondary N) is 2. The monoisotopic (exact) mass is 492 g/mol. The fraction of sp³-hybridized carbons (Fsp3) is 0.600. The number of benzene rings is 1. The van der Waals surface area contributed by atoms with Crippen molar-refractivity contribution >= 4 is 23.8 Å². The second kappa shape index (κ2) is 13.7. The van der Waals surface area contributed by atoms with E-state index in [0.717, 1.165) is 23.3 Å². The topological polar surface area (TPSA) is 151 Å². The number of ether oxygens (including phenoxy) is 1. The number of alkyl carbamates (subject to hydrolysis) is 1. The number of nitrogens with zero attached hydrogens (tertiary/aromatic N) is 1. The maximum Gasteiger partial charge on any atom is 0.408 e. The van der Waals surface area contributed by atoms with Crippen LogP contribution in [0.25, 0.3) is 0 Å². The van der Waals surface area contributed by atoms with E-state index in [1.807, 2.05) is 32.9 Å². The first-order valence-corrected chi connectivity index (χ1v) is 11.8. The number of carbonyl (C=O) groups is 4. The van der Waals surface area contributed by atoms with Gasteiger partial charge in [-0.2, -0.15) is 0 Å². The van der Waals surface area contributed by atoms with Gasteiger partial charge in [0.05, 0.1) is 13.0 Å². The number of hydrogen-bond donors (Lipinski definition) is 4. The molecule has 3 atom stereocenters. The largest absolute Gasteiger partial charge is 0.444 e. The molecule has 0 radical (unpaired) electrons. The SMILES string of the molecule is CCCC(C)NC(=O)C(c1ccc(C)cc1)N(CCO)C(=O)C(CC(N)=O)NC(=O)OC(C)(C)C. The maximum atomic E-state index is 13.6. The van der Waals surface area contributed by atoms with Crippen molar-refractivity contribution in [3.05, 3.63) is 35.4 Å². The molecule has 0 aliphatic rings. The molecule has 0 saturated carbocycles. The number of carbonyl (C=O) groups excluding carboxylic acids is 4. The van der Waals surface area contributed by atoms with Gasteiger partial charge in [-0.1, -0.05) is 43.2 Å². The summed E-state index contributed by atoms with van der Waals surface area (Å²) in [4.78, 5) is 52.3. The van der Waals surface area contributed by atoms with Crippen LogP contribution >= 0.6 is 0 Å². The van der Waals surface area contributed by atoms with Crippen molar-refractivity contribution in [3.63, 3.8) is 0 Å². The van der Waals surface area contributed by atoms with Gasteiger partial charge < -0.3 is 31.1 Å². The molecule has 1 rings (SSSR count). The van der Waals surface area contributed by atoms with Crippen LogP contribution in [0.3, 0.4) is 0 Å². The molecule has 196 valence electrons. The Morgan fingerprint density at radius 3 is 2.20 bits per heavy atom. The molecule has 5 N–H and O–H groups in total. The van der Waals surface area contributed by atoms with Crippen molar-refractivity contribution in [3.8, 4) is 0 Å². The summed E-state index contributed by atoms with van der Waals surface area (Å²) in [6, 6.07) is 4.44. The van der Waals surface area contributed by atoms with Gasteiger partial charge in [0.25, 0.3) is 0 Å². The molecule has 1 aromatic carbocycles. The van der Waals surface area contributed by atoms with Crippen molar-refractivity contribution in [1.29, 1.82) is 0 Å². The van der Waals surface area contributed by atoms with Crippen molar-refractivity contribution in [2.24, 2.45) is 5.73 Å². The molecule has 35 heavy (non-hydrogen) atoms. The first-order valence-electron chi connectivity index (χ1n) is 11.8. The number of rotatable bonds is 12. The molecule has 10 nitrogen and oxygen atoms in total. The minimum absolute atomic E-state index is 0.146. The van der Waals surface area contributed by atoms with Gasteiger partial charge in [0.2, 0.25) is 17.7 Å². The van der Waals surface area contributed by atoms with Gasteiger partial charge in [0.1, 0.15) is 17.7 Å². The maximum absolute atomic E-state index is 13.6. The van der Waals surface area contributed by atoms with E-state index >= 15 is 0 Å². The van der Waals surface area contributed by atoms with E-state index in [0.29, 0.717) is 5.56 Å². The van der Waals surface area contributed by atoms with Crippen LogP contribution < -0.4 is 16.4 Å². The Kier molecular flexibility index (Phi) is 11.7. The van der Waals surface area contributed by atoms with Crippen LogP contribution in [-0.2, 0) is 19.1 Å². The lowest BCUT2D eigenvalue weighted by molar-refractivity contribution is -0.144. The normalized spacial score (nSPS) is 13.8. The van der Waals surface area contributed by atoms with Crippen LogP contribution in [0.4, 0.5) is 4.79 Å². The molecule has 0 saturated heterocycles. The smallest absolute Gasteiger partial charge is 0.408 e. The predicted molar refractivity (Wildman–Crippen MR) is 132 cm³/mol. The summed E-state index contributed by atoms with van der Waals surface area (Å²) in [6.45, 7) is 10.1. The van der Waals surface area contributed by atoms with Gasteiger partial charge in [-0.05, 0) is 46.6 Å². The zero-order valence-corrected chi connectivity index (χ0v) is 21.6. The Morgan fingerprint density at radius 1 is 1.11 bits per heavy atom. The van der Waals surface area contributed by atoms with Crippen LogP contribution in [0.1, 0.15) is 71.0 Å². The average Bonchev–Trinajstić information content (AvgIpc) is 2.72. The second-order valence-electron chi connectivity index (χ2n) is 9.64. The molecule has 3 unspecified atom stereocenters. The summed E-state index contributed by atoms with van der Waals surface area (Å²) >= 11 is 0. The van der Waals surface area contributed by atoms with E-state index in [4.69, 9.17) is 10.5 Å². The van der Waals surface area contributed by atoms with E-state index in [9.17, 15) is 24.3 Å². The quantitative estimate of drug-likeness (QED) is 0.350. The molecule has 0 fully saturated rings. The van der Waals surface area contributed by atoms with Crippen molar-refractivity contribution in [2.45, 2.75) is 84.5 Å². The van der Waals surface area contributed by atoms with Gasteiger partial charge in [0.15, 0.2) is 0 Å². The van der Waals surface area contributed by atoms with Crippen LogP contribution in [-0.4, -0.2) is 64.7 Å². The molecule has 10 heteroatoms. The number of aliphatic hydroxyl groups is 1. The minimum Gasteiger partial charge on any atom is -0.444 e. The second-order valence-corrected chi connectivity index (χ2v) is 9.64. The minimum atomic E-state index is -1.39. The molecule has 0 aliphatic heterocycles. The van der Waals surface area contributed by atoms with Crippen LogP contribution in [0.2, 0.25) is 0 Å². The highest BCUT2D eigenvalue weighted by Gasteiger charge is 2.37. The predicted octanol–water partition coefficient (Wildman–Crippen LogP) is 1.93. The van der Waals surface area contributed by atoms with Crippen molar-refractivity contribution in [2.75, 3.05) is 13.2 Å². The molecule has 1 aromatic rings. The first kappa shape index (κ1) is 29.9. The van der Waals surface area contributed by atoms with Crippen LogP contribution in [0, 0.1) is 6.92 Å². The van der Waals surface area contributed by atoms with E-state index in [1.165, 1.54) is 0 Å². The Bertz CT molecular complexity index is 866. The fourth-order valence-corrected chi connectivity index (χ4v) is 3.57. The summed E-state index contributed by atoms with van der Waals surface area (Å²) in [7, 11) is 0. The van der Waals surface area contributed by atoms with E-state index in [1.54, 1.807) is 32.9 Å². The molecule has 0 heterocycles. The fourth-order valence-electron chi connectivity index (χ4n) is 3.57. The number of aryl methyl sites for hydroxylation is 1. The first-order chi connectivity index (χ1) is 16.3. The average molecular weight is 493 g/mol. The third-order valence-electron chi connectivity index (χ3n) is 5.08. The standard InChI is InChI=1S/C25H40N4O6/c1-7-8-17(3)27-22(32)21(18-11-9-16(2)10-12-18)29(13-14-30)23(33)19(15-20(26)31)28-24(34)35-25(4,5)6/h9-12,17,19,21,30H,7-8,13-15H2,1-6H3,(H2,26,31)(H,27,32)(H,28,34). The Hall–Kier alpha value is -3.14. The van der Waals surface area contributed by atoms with Gasteiger partial charge in [-0.25, -0.2) is 4.79 Å². The van der Waals surface area contributed by atoms with Gasteiger partial charge >= 0.3 is 6.09 Å². The highest BCUT2D eigenvalue weighted by atomic mass is 16.6. The number of primary amides is 1. The summed E-state index contributed by atoms with van der Waals surface area (Å²) in [5.74, 6) is -2.00. The Balaban J connectivity index is 3.41. The molecular formula is C25H40N4O6. The van der Waals surface area contributed by atoms with E-state index < -0.39 is 54.5 Å². The lowest BCUT2D eigenvalue weighted by Gasteiger charge is -2.34. The number of aliphatic hydroxyl groups excluding tert-OH is 1. The molecule has 0 spiro atoms. The van der Waals surface area contributed by atoms with Crippen LogP contribution in [0.15, 0.2) is 24.3 Å². The third-order valence-corrected chi connectivity index (χ3v) is 5.08. The highest BCUT2D eigenvalue weighted by molar-refractivity contribution is 5.94. The summed E-state index contributed by atoms with van der Waals surface area (Å²) in [5, 5.41) is 15.1. The molecule has 4 amide bonds. The molecule has 0 aromatic heterocycles. The third kappa shape index (κ3) is 10.3. The van der Waals surface area contributed by atoms with E-state index in [2.05, 4.69) is 10.6 Å². The van der Waals surface area contributed by atoms with Gasteiger partial charge in [-0.3, -0.25) is 14.4 Å². The molecule has 0 aliphatic carbocycles. The lowest BCUT2D eigenvalue weighted by Crippen LogP contribution is -2.55. The zero-order chi connectivity index (χ0) is 26.8. The number of amides is 4. The van der Waals surface area contributed by atoms with E-state index in [-0.39, 0.29) is 12.6 Å². The highest BCUT2D eigenvalue weighted by Crippen LogP contribution is 2.24. The zero-order valence-electron chi connectivity index (χ0n) is 21.6. The van der Waals surface area contributed by atoms with Gasteiger partial charge in [-0.15, -0.1) is 0 Å². The summed E-state index contributed by atoms with van der Waals surface area (Å²) in [6.07, 6.45) is 0.185. The Morgan fingerprint density at radius 2 is 1.71 bits per heavy atom. The molecular weight excluding hydrogens is 452 g/mol. The summed E-state index contributed by atoms with van der Waals surface area (Å²) in [5.41, 5.74) is 5.99. The number of nitrogens with two attached hydrogens (primary N) is 1. The van der Waals surface area contributed by atoms with Gasteiger partial charge in [0, 0.05) is 12.6 Å².